The summed E-state index contributed by atoms with van der Waals surface area (Å²) in [4.78, 5) is 23.7. The van der Waals surface area contributed by atoms with Gasteiger partial charge in [0, 0.05) is 11.1 Å². The number of nitrogens with one attached hydrogen (secondary N) is 2. The molecule has 0 fully saturated rings. The zero-order chi connectivity index (χ0) is 19.1. The van der Waals surface area contributed by atoms with Crippen LogP contribution in [0.15, 0.2) is 83.1 Å². The monoisotopic (exact) mass is 348 g/mol. The molecule has 0 atom stereocenters. The summed E-state index contributed by atoms with van der Waals surface area (Å²) in [7, 11) is 0. The molecular weight excluding hydrogens is 328 g/mol. The first-order chi connectivity index (χ1) is 12.4. The number of carbonyl (C=O) groups is 2. The minimum atomic E-state index is -0.290. The van der Waals surface area contributed by atoms with Crippen LogP contribution in [0.5, 0.6) is 0 Å². The minimum absolute atomic E-state index is 0.290. The lowest BCUT2D eigenvalue weighted by Crippen LogP contribution is -2.11. The van der Waals surface area contributed by atoms with Crippen LogP contribution in [0.1, 0.15) is 13.8 Å². The first-order valence-electron chi connectivity index (χ1n) is 7.92. The predicted molar refractivity (Wildman–Crippen MR) is 104 cm³/mol. The molecule has 2 amide bonds. The second-order valence-corrected chi connectivity index (χ2v) is 5.70. The van der Waals surface area contributed by atoms with Gasteiger partial charge in [-0.25, -0.2) is 0 Å². The van der Waals surface area contributed by atoms with Gasteiger partial charge in [-0.1, -0.05) is 37.4 Å². The van der Waals surface area contributed by atoms with Gasteiger partial charge in [0.25, 0.3) is 11.8 Å². The molecule has 0 saturated carbocycles. The van der Waals surface area contributed by atoms with Crippen molar-refractivity contribution in [1.82, 2.24) is 0 Å². The maximum Gasteiger partial charge on any atom is 0.250 e. The Hall–Kier alpha value is -3.54. The summed E-state index contributed by atoms with van der Waals surface area (Å²) in [5, 5.41) is 13.9. The summed E-state index contributed by atoms with van der Waals surface area (Å²) in [5.41, 5.74) is 2.81. The summed E-state index contributed by atoms with van der Waals surface area (Å²) in [5.74, 6) is -0.580. The van der Waals surface area contributed by atoms with Gasteiger partial charge in [-0.2, -0.15) is 0 Å². The van der Waals surface area contributed by atoms with E-state index in [0.717, 1.165) is 0 Å². The van der Waals surface area contributed by atoms with Gasteiger partial charge >= 0.3 is 0 Å². The van der Waals surface area contributed by atoms with Crippen molar-refractivity contribution in [2.24, 2.45) is 10.2 Å². The van der Waals surface area contributed by atoms with Crippen LogP contribution < -0.4 is 10.6 Å². The van der Waals surface area contributed by atoms with Gasteiger partial charge < -0.3 is 10.6 Å². The summed E-state index contributed by atoms with van der Waals surface area (Å²) in [6, 6.07) is 14.1. The van der Waals surface area contributed by atoms with Crippen molar-refractivity contribution in [3.05, 3.63) is 72.8 Å². The number of rotatable bonds is 6. The van der Waals surface area contributed by atoms with Crippen LogP contribution in [-0.2, 0) is 9.59 Å². The molecule has 26 heavy (non-hydrogen) atoms. The van der Waals surface area contributed by atoms with Gasteiger partial charge in [0.1, 0.15) is 11.4 Å². The van der Waals surface area contributed by atoms with E-state index in [-0.39, 0.29) is 11.8 Å². The van der Waals surface area contributed by atoms with E-state index < -0.39 is 0 Å². The lowest BCUT2D eigenvalue weighted by molar-refractivity contribution is -0.113. The van der Waals surface area contributed by atoms with E-state index >= 15 is 0 Å². The fourth-order valence-corrected chi connectivity index (χ4v) is 1.90. The molecular formula is C20H20N4O2. The minimum Gasteiger partial charge on any atom is -0.320 e. The molecule has 0 bridgehead atoms. The van der Waals surface area contributed by atoms with Crippen LogP contribution in [0.25, 0.3) is 0 Å². The molecule has 2 aromatic carbocycles. The van der Waals surface area contributed by atoms with E-state index in [1.807, 2.05) is 0 Å². The molecule has 0 aromatic heterocycles. The highest BCUT2D eigenvalue weighted by atomic mass is 16.2. The van der Waals surface area contributed by atoms with Gasteiger partial charge in [0.15, 0.2) is 0 Å². The maximum atomic E-state index is 11.8. The number of amides is 2. The van der Waals surface area contributed by atoms with E-state index in [4.69, 9.17) is 0 Å². The number of hydrogen-bond acceptors (Lipinski definition) is 4. The second-order valence-electron chi connectivity index (χ2n) is 5.70. The number of carbonyl (C=O) groups excluding carboxylic acids is 2. The van der Waals surface area contributed by atoms with Gasteiger partial charge in [-0.05, 0) is 38.1 Å². The smallest absolute Gasteiger partial charge is 0.250 e. The van der Waals surface area contributed by atoms with Crippen molar-refractivity contribution in [2.75, 3.05) is 10.6 Å². The lowest BCUT2D eigenvalue weighted by atomic mass is 10.2. The van der Waals surface area contributed by atoms with E-state index in [0.29, 0.717) is 33.9 Å². The molecule has 2 rings (SSSR count). The Morgan fingerprint density at radius 1 is 0.731 bits per heavy atom. The van der Waals surface area contributed by atoms with Crippen LogP contribution in [0.3, 0.4) is 0 Å². The van der Waals surface area contributed by atoms with Gasteiger partial charge in [-0.3, -0.25) is 9.59 Å². The van der Waals surface area contributed by atoms with Crippen LogP contribution >= 0.6 is 0 Å². The Balaban J connectivity index is 2.28. The topological polar surface area (TPSA) is 82.9 Å². The maximum absolute atomic E-state index is 11.8. The normalized spacial score (nSPS) is 10.4. The fraction of sp³-hybridized carbons (Fsp3) is 0.100. The third-order valence-electron chi connectivity index (χ3n) is 3.35. The van der Waals surface area contributed by atoms with E-state index in [1.165, 1.54) is 0 Å². The number of benzene rings is 2. The van der Waals surface area contributed by atoms with Crippen molar-refractivity contribution in [3.8, 4) is 0 Å². The van der Waals surface area contributed by atoms with Gasteiger partial charge in [-0.15, -0.1) is 10.2 Å². The fourth-order valence-electron chi connectivity index (χ4n) is 1.90. The summed E-state index contributed by atoms with van der Waals surface area (Å²) >= 11 is 0. The molecule has 6 nitrogen and oxygen atoms in total. The Bertz CT molecular complexity index is 827. The van der Waals surface area contributed by atoms with Crippen molar-refractivity contribution < 1.29 is 9.59 Å². The largest absolute Gasteiger partial charge is 0.320 e. The third kappa shape index (κ3) is 4.98. The third-order valence-corrected chi connectivity index (χ3v) is 3.35. The highest BCUT2D eigenvalue weighted by Crippen LogP contribution is 2.30. The highest BCUT2D eigenvalue weighted by molar-refractivity contribution is 6.05. The Labute approximate surface area is 152 Å². The van der Waals surface area contributed by atoms with Crippen LogP contribution in [0.2, 0.25) is 0 Å². The quantitative estimate of drug-likeness (QED) is 0.560. The van der Waals surface area contributed by atoms with E-state index in [2.05, 4.69) is 34.0 Å². The van der Waals surface area contributed by atoms with Crippen LogP contribution in [0, 0.1) is 0 Å². The van der Waals surface area contributed by atoms with Crippen molar-refractivity contribution in [1.29, 1.82) is 0 Å². The molecule has 0 saturated heterocycles. The van der Waals surface area contributed by atoms with Crippen molar-refractivity contribution in [3.63, 3.8) is 0 Å². The molecule has 0 unspecified atom stereocenters. The average molecular weight is 348 g/mol. The number of hydrogen-bond donors (Lipinski definition) is 2. The molecule has 0 spiro atoms. The SMILES string of the molecule is C=C(C)C(=O)Nc1ccccc1/N=N/c1ccccc1NC(=O)C(=C)C. The molecule has 132 valence electrons. The zero-order valence-electron chi connectivity index (χ0n) is 14.7. The van der Waals surface area contributed by atoms with E-state index in [9.17, 15) is 9.59 Å². The lowest BCUT2D eigenvalue weighted by Gasteiger charge is -2.08. The summed E-state index contributed by atoms with van der Waals surface area (Å²) in [6.45, 7) is 10.5. The highest BCUT2D eigenvalue weighted by Gasteiger charge is 2.08. The molecule has 2 aromatic rings. The number of anilines is 2. The predicted octanol–water partition coefficient (Wildman–Crippen LogP) is 5.13. The molecule has 0 aliphatic heterocycles. The molecule has 6 heteroatoms. The molecule has 0 heterocycles. The molecule has 0 aliphatic carbocycles. The summed E-state index contributed by atoms with van der Waals surface area (Å²) in [6.07, 6.45) is 0. The van der Waals surface area contributed by atoms with Crippen molar-refractivity contribution >= 4 is 34.6 Å². The molecule has 0 radical (unpaired) electrons. The van der Waals surface area contributed by atoms with E-state index in [1.54, 1.807) is 62.4 Å². The first kappa shape index (κ1) is 18.8. The standard InChI is InChI=1S/C20H20N4O2/c1-13(2)19(25)21-15-9-5-7-11-17(15)23-24-18-12-8-6-10-16(18)22-20(26)14(3)4/h5-12H,1,3H2,2,4H3,(H,21,25)(H,22,26)/b24-23+. The Morgan fingerprint density at radius 3 is 1.42 bits per heavy atom. The Morgan fingerprint density at radius 2 is 1.08 bits per heavy atom. The number of nitrogens with zero attached hydrogens (tertiary/aromatic N) is 2. The second kappa shape index (κ2) is 8.53. The number of para-hydroxylation sites is 2. The summed E-state index contributed by atoms with van der Waals surface area (Å²) < 4.78 is 0. The Kier molecular flexibility index (Phi) is 6.16. The first-order valence-corrected chi connectivity index (χ1v) is 7.92. The van der Waals surface area contributed by atoms with Crippen LogP contribution in [-0.4, -0.2) is 11.8 Å². The molecule has 0 aliphatic rings. The van der Waals surface area contributed by atoms with Gasteiger partial charge in [0.05, 0.1) is 11.4 Å². The molecule has 2 N–H and O–H groups in total. The zero-order valence-corrected chi connectivity index (χ0v) is 14.7. The number of azo groups is 1. The average Bonchev–Trinajstić information content (AvgIpc) is 2.61. The van der Waals surface area contributed by atoms with Gasteiger partial charge in [0.2, 0.25) is 0 Å². The van der Waals surface area contributed by atoms with Crippen LogP contribution in [0.4, 0.5) is 22.7 Å². The van der Waals surface area contributed by atoms with Crippen molar-refractivity contribution in [2.45, 2.75) is 13.8 Å².